The monoisotopic (exact) mass is 398 g/mol. The third-order valence-corrected chi connectivity index (χ3v) is 6.18. The molecule has 0 radical (unpaired) electrons. The van der Waals surface area contributed by atoms with Crippen molar-refractivity contribution < 1.29 is 4.79 Å². The van der Waals surface area contributed by atoms with Crippen molar-refractivity contribution in [3.8, 4) is 6.07 Å². The number of amides is 1. The molecule has 3 aromatic rings. The number of hydrogen-bond donors (Lipinski definition) is 1. The van der Waals surface area contributed by atoms with E-state index in [1.54, 1.807) is 12.1 Å². The molecule has 1 N–H and O–H groups in total. The lowest BCUT2D eigenvalue weighted by Crippen LogP contribution is -2.32. The number of carbonyl (C=O) groups excluding carboxylic acids is 1. The lowest BCUT2D eigenvalue weighted by Gasteiger charge is -2.19. The second-order valence-corrected chi connectivity index (χ2v) is 8.13. The molecule has 6 nitrogen and oxygen atoms in total. The third kappa shape index (κ3) is 4.21. The number of nitrogens with zero attached hydrogens (tertiary/aromatic N) is 3. The average molecular weight is 399 g/mol. The molecule has 0 aliphatic carbocycles. The lowest BCUT2D eigenvalue weighted by atomic mass is 10.2. The quantitative estimate of drug-likeness (QED) is 0.643. The number of hydrogen-bond acceptors (Lipinski definition) is 6. The summed E-state index contributed by atoms with van der Waals surface area (Å²) in [6, 6.07) is 11.1. The van der Waals surface area contributed by atoms with E-state index in [4.69, 9.17) is 5.26 Å². The van der Waals surface area contributed by atoms with Crippen molar-refractivity contribution in [2.24, 2.45) is 0 Å². The normalized spacial score (nSPS) is 10.7. The zero-order chi connectivity index (χ0) is 19.4. The number of thioether (sulfide) groups is 1. The van der Waals surface area contributed by atoms with E-state index < -0.39 is 0 Å². The largest absolute Gasteiger partial charge is 0.309 e. The van der Waals surface area contributed by atoms with Crippen LogP contribution < -0.4 is 10.5 Å². The minimum Gasteiger partial charge on any atom is -0.309 e. The molecular formula is C19H18N4O2S2. The number of nitriles is 1. The van der Waals surface area contributed by atoms with Gasteiger partial charge in [-0.25, -0.2) is 4.98 Å². The first kappa shape index (κ1) is 19.1. The zero-order valence-corrected chi connectivity index (χ0v) is 16.6. The van der Waals surface area contributed by atoms with Crippen LogP contribution in [0.5, 0.6) is 0 Å². The van der Waals surface area contributed by atoms with Gasteiger partial charge in [0.1, 0.15) is 17.2 Å². The number of rotatable bonds is 6. The van der Waals surface area contributed by atoms with Gasteiger partial charge in [0.15, 0.2) is 0 Å². The molecule has 2 aromatic heterocycles. The molecule has 1 amide bonds. The van der Waals surface area contributed by atoms with Crippen LogP contribution in [0.1, 0.15) is 16.3 Å². The second kappa shape index (κ2) is 8.37. The van der Waals surface area contributed by atoms with Crippen LogP contribution in [-0.2, 0) is 10.5 Å². The molecule has 0 aliphatic rings. The second-order valence-electron chi connectivity index (χ2n) is 5.94. The molecule has 138 valence electrons. The summed E-state index contributed by atoms with van der Waals surface area (Å²) in [5, 5.41) is 9.65. The van der Waals surface area contributed by atoms with Gasteiger partial charge in [-0.15, -0.1) is 23.1 Å². The number of thiophene rings is 1. The van der Waals surface area contributed by atoms with Crippen molar-refractivity contribution in [3.05, 3.63) is 57.0 Å². The van der Waals surface area contributed by atoms with Gasteiger partial charge in [0.05, 0.1) is 23.0 Å². The molecular weight excluding hydrogens is 380 g/mol. The van der Waals surface area contributed by atoms with Gasteiger partial charge in [0, 0.05) is 10.6 Å². The fourth-order valence-corrected chi connectivity index (χ4v) is 4.49. The van der Waals surface area contributed by atoms with Crippen molar-refractivity contribution in [2.75, 3.05) is 17.2 Å². The molecule has 2 heterocycles. The van der Waals surface area contributed by atoms with E-state index in [-0.39, 0.29) is 23.8 Å². The third-order valence-electron chi connectivity index (χ3n) is 4.15. The number of para-hydroxylation sites is 1. The Morgan fingerprint density at radius 2 is 2.07 bits per heavy atom. The van der Waals surface area contributed by atoms with Gasteiger partial charge in [-0.1, -0.05) is 18.2 Å². The van der Waals surface area contributed by atoms with E-state index >= 15 is 0 Å². The lowest BCUT2D eigenvalue weighted by molar-refractivity contribution is -0.116. The standard InChI is InChI=1S/C19H18N4O2S2/c1-12-13(2)27-19-17(12)18(25)21-15(22-19)10-26-11-16(24)23(9-8-20)14-6-4-3-5-7-14/h3-7H,9-11H2,1-2H3,(H,21,22,25). The first-order valence-electron chi connectivity index (χ1n) is 8.30. The Hall–Kier alpha value is -2.63. The van der Waals surface area contributed by atoms with Crippen LogP contribution in [-0.4, -0.2) is 28.2 Å². The molecule has 3 rings (SSSR count). The summed E-state index contributed by atoms with van der Waals surface area (Å²) in [6.45, 7) is 3.89. The Kier molecular flexibility index (Phi) is 5.94. The highest BCUT2D eigenvalue weighted by molar-refractivity contribution is 7.99. The summed E-state index contributed by atoms with van der Waals surface area (Å²) >= 11 is 2.87. The Morgan fingerprint density at radius 3 is 2.78 bits per heavy atom. The molecule has 0 saturated carbocycles. The number of carbonyl (C=O) groups is 1. The Labute approximate surface area is 164 Å². The predicted octanol–water partition coefficient (Wildman–Crippen LogP) is 3.39. The maximum absolute atomic E-state index is 12.5. The number of nitrogens with one attached hydrogen (secondary N) is 1. The average Bonchev–Trinajstić information content (AvgIpc) is 2.94. The van der Waals surface area contributed by atoms with E-state index in [0.29, 0.717) is 22.7 Å². The number of H-pyrrole nitrogens is 1. The molecule has 8 heteroatoms. The minimum atomic E-state index is -0.154. The summed E-state index contributed by atoms with van der Waals surface area (Å²) in [7, 11) is 0. The minimum absolute atomic E-state index is 0.00179. The number of aromatic nitrogens is 2. The SMILES string of the molecule is Cc1sc2nc(CSCC(=O)N(CC#N)c3ccccc3)[nH]c(=O)c2c1C. The van der Waals surface area contributed by atoms with Crippen molar-refractivity contribution in [2.45, 2.75) is 19.6 Å². The number of aryl methyl sites for hydroxylation is 2. The van der Waals surface area contributed by atoms with E-state index in [1.807, 2.05) is 38.1 Å². The van der Waals surface area contributed by atoms with E-state index in [1.165, 1.54) is 28.0 Å². The number of fused-ring (bicyclic) bond motifs is 1. The van der Waals surface area contributed by atoms with Gasteiger partial charge in [-0.05, 0) is 31.5 Å². The number of benzene rings is 1. The van der Waals surface area contributed by atoms with Crippen LogP contribution in [0, 0.1) is 25.2 Å². The molecule has 0 saturated heterocycles. The topological polar surface area (TPSA) is 89.8 Å². The number of aromatic amines is 1. The van der Waals surface area contributed by atoms with Gasteiger partial charge < -0.3 is 4.98 Å². The predicted molar refractivity (Wildman–Crippen MR) is 110 cm³/mol. The van der Waals surface area contributed by atoms with Gasteiger partial charge in [-0.2, -0.15) is 5.26 Å². The van der Waals surface area contributed by atoms with E-state index in [0.717, 1.165) is 15.3 Å². The van der Waals surface area contributed by atoms with Gasteiger partial charge in [0.25, 0.3) is 5.56 Å². The molecule has 1 aromatic carbocycles. The summed E-state index contributed by atoms with van der Waals surface area (Å²) < 4.78 is 0. The first-order chi connectivity index (χ1) is 13.0. The van der Waals surface area contributed by atoms with E-state index in [2.05, 4.69) is 9.97 Å². The van der Waals surface area contributed by atoms with Crippen LogP contribution >= 0.6 is 23.1 Å². The fraction of sp³-hybridized carbons (Fsp3) is 0.263. The van der Waals surface area contributed by atoms with Crippen LogP contribution in [0.2, 0.25) is 0 Å². The van der Waals surface area contributed by atoms with Crippen molar-refractivity contribution in [3.63, 3.8) is 0 Å². The molecule has 0 atom stereocenters. The Morgan fingerprint density at radius 1 is 1.33 bits per heavy atom. The van der Waals surface area contributed by atoms with Crippen LogP contribution in [0.25, 0.3) is 10.2 Å². The summed E-state index contributed by atoms with van der Waals surface area (Å²) in [5.74, 6) is 1.01. The molecule has 27 heavy (non-hydrogen) atoms. The number of anilines is 1. The van der Waals surface area contributed by atoms with Gasteiger partial charge in [0.2, 0.25) is 5.91 Å². The van der Waals surface area contributed by atoms with Crippen molar-refractivity contribution >= 4 is 44.9 Å². The van der Waals surface area contributed by atoms with Gasteiger partial charge >= 0.3 is 0 Å². The fourth-order valence-electron chi connectivity index (χ4n) is 2.68. The van der Waals surface area contributed by atoms with Crippen LogP contribution in [0.4, 0.5) is 5.69 Å². The molecule has 0 aliphatic heterocycles. The van der Waals surface area contributed by atoms with Crippen LogP contribution in [0.15, 0.2) is 35.1 Å². The first-order valence-corrected chi connectivity index (χ1v) is 10.3. The molecule has 0 bridgehead atoms. The molecule has 0 spiro atoms. The smallest absolute Gasteiger partial charge is 0.259 e. The summed E-state index contributed by atoms with van der Waals surface area (Å²) in [6.07, 6.45) is 0. The van der Waals surface area contributed by atoms with Crippen molar-refractivity contribution in [1.29, 1.82) is 5.26 Å². The highest BCUT2D eigenvalue weighted by Crippen LogP contribution is 2.26. The van der Waals surface area contributed by atoms with Gasteiger partial charge in [-0.3, -0.25) is 14.5 Å². The maximum Gasteiger partial charge on any atom is 0.259 e. The van der Waals surface area contributed by atoms with Crippen LogP contribution in [0.3, 0.4) is 0 Å². The Balaban J connectivity index is 1.68. The maximum atomic E-state index is 12.5. The highest BCUT2D eigenvalue weighted by Gasteiger charge is 2.16. The van der Waals surface area contributed by atoms with Crippen molar-refractivity contribution in [1.82, 2.24) is 9.97 Å². The highest BCUT2D eigenvalue weighted by atomic mass is 32.2. The Bertz CT molecular complexity index is 1070. The molecule has 0 fully saturated rings. The summed E-state index contributed by atoms with van der Waals surface area (Å²) in [4.78, 5) is 35.4. The zero-order valence-electron chi connectivity index (χ0n) is 15.0. The van der Waals surface area contributed by atoms with E-state index in [9.17, 15) is 9.59 Å². The molecule has 0 unspecified atom stereocenters. The summed E-state index contributed by atoms with van der Waals surface area (Å²) in [5.41, 5.74) is 1.52.